The first-order valence-electron chi connectivity index (χ1n) is 3.99. The van der Waals surface area contributed by atoms with Crippen molar-refractivity contribution in [2.75, 3.05) is 0 Å². The zero-order valence-corrected chi connectivity index (χ0v) is 7.94. The summed E-state index contributed by atoms with van der Waals surface area (Å²) in [5, 5.41) is 18.5. The highest BCUT2D eigenvalue weighted by Crippen LogP contribution is 2.34. The van der Waals surface area contributed by atoms with Crippen molar-refractivity contribution in [3.05, 3.63) is 29.6 Å². The van der Waals surface area contributed by atoms with E-state index in [4.69, 9.17) is 5.26 Å². The Balaban J connectivity index is 2.75. The number of benzene rings is 1. The molecule has 0 radical (unpaired) electrons. The van der Waals surface area contributed by atoms with Gasteiger partial charge >= 0.3 is 0 Å². The lowest BCUT2D eigenvalue weighted by molar-refractivity contribution is 0.491. The molecule has 70 valence electrons. The van der Waals surface area contributed by atoms with Crippen LogP contribution in [0.25, 0.3) is 10.1 Å². The third-order valence-corrected chi connectivity index (χ3v) is 2.93. The van der Waals surface area contributed by atoms with E-state index in [-0.39, 0.29) is 17.3 Å². The fourth-order valence-corrected chi connectivity index (χ4v) is 2.22. The lowest BCUT2D eigenvalue weighted by Crippen LogP contribution is -1.83. The maximum atomic E-state index is 13.2. The van der Waals surface area contributed by atoms with Gasteiger partial charge in [-0.25, -0.2) is 4.39 Å². The largest absolute Gasteiger partial charge is 0.499 e. The molecular formula is C10H6FNOS. The van der Waals surface area contributed by atoms with Gasteiger partial charge in [0, 0.05) is 5.39 Å². The summed E-state index contributed by atoms with van der Waals surface area (Å²) in [5.74, 6) is -0.355. The molecule has 0 aliphatic heterocycles. The number of hydrogen-bond donors (Lipinski definition) is 1. The van der Waals surface area contributed by atoms with Crippen molar-refractivity contribution >= 4 is 21.4 Å². The molecule has 0 spiro atoms. The Kier molecular flexibility index (Phi) is 2.10. The van der Waals surface area contributed by atoms with E-state index in [0.717, 1.165) is 16.9 Å². The topological polar surface area (TPSA) is 44.0 Å². The van der Waals surface area contributed by atoms with E-state index in [1.54, 1.807) is 6.07 Å². The Hall–Kier alpha value is -1.60. The monoisotopic (exact) mass is 207 g/mol. The van der Waals surface area contributed by atoms with Gasteiger partial charge in [0.1, 0.15) is 5.82 Å². The van der Waals surface area contributed by atoms with Gasteiger partial charge in [-0.3, -0.25) is 0 Å². The van der Waals surface area contributed by atoms with Gasteiger partial charge in [-0.2, -0.15) is 5.26 Å². The van der Waals surface area contributed by atoms with Crippen LogP contribution in [0.4, 0.5) is 4.39 Å². The van der Waals surface area contributed by atoms with Gasteiger partial charge in [0.25, 0.3) is 0 Å². The third-order valence-electron chi connectivity index (χ3n) is 1.98. The molecule has 14 heavy (non-hydrogen) atoms. The molecule has 0 amide bonds. The van der Waals surface area contributed by atoms with Crippen LogP contribution in [-0.4, -0.2) is 5.11 Å². The van der Waals surface area contributed by atoms with E-state index in [9.17, 15) is 9.50 Å². The number of hydrogen-bond acceptors (Lipinski definition) is 3. The number of fused-ring (bicyclic) bond motifs is 1. The van der Waals surface area contributed by atoms with E-state index >= 15 is 0 Å². The molecule has 0 aliphatic carbocycles. The zero-order chi connectivity index (χ0) is 10.1. The van der Waals surface area contributed by atoms with Crippen molar-refractivity contribution in [1.29, 1.82) is 5.26 Å². The molecule has 2 rings (SSSR count). The summed E-state index contributed by atoms with van der Waals surface area (Å²) in [4.78, 5) is 0. The fourth-order valence-electron chi connectivity index (χ4n) is 1.37. The van der Waals surface area contributed by atoms with Crippen molar-refractivity contribution in [2.45, 2.75) is 6.42 Å². The van der Waals surface area contributed by atoms with Crippen LogP contribution in [-0.2, 0) is 6.42 Å². The Morgan fingerprint density at radius 2 is 2.29 bits per heavy atom. The second-order valence-electron chi connectivity index (χ2n) is 2.87. The molecule has 0 bridgehead atoms. The van der Waals surface area contributed by atoms with Gasteiger partial charge in [-0.05, 0) is 17.7 Å². The normalized spacial score (nSPS) is 10.3. The fraction of sp³-hybridized carbons (Fsp3) is 0.100. The molecule has 1 N–H and O–H groups in total. The van der Waals surface area contributed by atoms with Gasteiger partial charge in [0.2, 0.25) is 0 Å². The van der Waals surface area contributed by atoms with Crippen LogP contribution in [0.3, 0.4) is 0 Å². The van der Waals surface area contributed by atoms with Crippen LogP contribution < -0.4 is 0 Å². The lowest BCUT2D eigenvalue weighted by atomic mass is 10.1. The Bertz CT molecular complexity index is 527. The molecule has 0 atom stereocenters. The SMILES string of the molecule is N#CCc1ccc(F)c2sc(O)cc12. The highest BCUT2D eigenvalue weighted by molar-refractivity contribution is 7.20. The van der Waals surface area contributed by atoms with Gasteiger partial charge in [-0.15, -0.1) is 0 Å². The van der Waals surface area contributed by atoms with Crippen LogP contribution in [0, 0.1) is 17.1 Å². The molecule has 2 nitrogen and oxygen atoms in total. The maximum Gasteiger partial charge on any atom is 0.172 e. The zero-order valence-electron chi connectivity index (χ0n) is 7.12. The summed E-state index contributed by atoms with van der Waals surface area (Å²) in [6, 6.07) is 6.40. The Morgan fingerprint density at radius 3 is 3.00 bits per heavy atom. The van der Waals surface area contributed by atoms with E-state index < -0.39 is 0 Å². The molecular weight excluding hydrogens is 201 g/mol. The summed E-state index contributed by atoms with van der Waals surface area (Å²) in [7, 11) is 0. The summed E-state index contributed by atoms with van der Waals surface area (Å²) in [6.07, 6.45) is 0.229. The second-order valence-corrected chi connectivity index (χ2v) is 3.90. The van der Waals surface area contributed by atoms with Crippen LogP contribution in [0.5, 0.6) is 5.06 Å². The number of thiophene rings is 1. The number of nitriles is 1. The number of rotatable bonds is 1. The van der Waals surface area contributed by atoms with Crippen LogP contribution in [0.2, 0.25) is 0 Å². The minimum Gasteiger partial charge on any atom is -0.499 e. The smallest absolute Gasteiger partial charge is 0.172 e. The molecule has 0 saturated carbocycles. The maximum absolute atomic E-state index is 13.2. The van der Waals surface area contributed by atoms with E-state index in [1.807, 2.05) is 6.07 Å². The molecule has 0 fully saturated rings. The third kappa shape index (κ3) is 1.32. The van der Waals surface area contributed by atoms with Crippen molar-refractivity contribution in [3.8, 4) is 11.1 Å². The summed E-state index contributed by atoms with van der Waals surface area (Å²) in [5.41, 5.74) is 0.750. The Morgan fingerprint density at radius 1 is 1.50 bits per heavy atom. The van der Waals surface area contributed by atoms with Crippen molar-refractivity contribution in [3.63, 3.8) is 0 Å². The minimum absolute atomic E-state index is 0.0734. The summed E-state index contributed by atoms with van der Waals surface area (Å²) in [6.45, 7) is 0. The number of halogens is 1. The lowest BCUT2D eigenvalue weighted by Gasteiger charge is -1.97. The van der Waals surface area contributed by atoms with Gasteiger partial charge in [-0.1, -0.05) is 17.4 Å². The summed E-state index contributed by atoms with van der Waals surface area (Å²) >= 11 is 0.990. The first-order valence-corrected chi connectivity index (χ1v) is 4.81. The first kappa shape index (κ1) is 8.97. The van der Waals surface area contributed by atoms with Gasteiger partial charge < -0.3 is 5.11 Å². The molecule has 0 aliphatic rings. The Labute approximate surface area is 83.8 Å². The van der Waals surface area contributed by atoms with E-state index in [1.165, 1.54) is 12.1 Å². The minimum atomic E-state index is -0.355. The molecule has 4 heteroatoms. The van der Waals surface area contributed by atoms with E-state index in [2.05, 4.69) is 0 Å². The number of nitrogens with zero attached hydrogens (tertiary/aromatic N) is 1. The van der Waals surface area contributed by atoms with E-state index in [0.29, 0.717) is 10.1 Å². The van der Waals surface area contributed by atoms with Gasteiger partial charge in [0.15, 0.2) is 5.06 Å². The molecule has 2 aromatic rings. The predicted molar refractivity (Wildman–Crippen MR) is 52.8 cm³/mol. The standard InChI is InChI=1S/C10H6FNOS/c11-8-2-1-6(3-4-12)7-5-9(13)14-10(7)8/h1-2,5,13H,3H2. The highest BCUT2D eigenvalue weighted by Gasteiger charge is 2.09. The first-order chi connectivity index (χ1) is 6.72. The second kappa shape index (κ2) is 3.28. The highest BCUT2D eigenvalue weighted by atomic mass is 32.1. The molecule has 0 saturated heterocycles. The molecule has 1 aromatic carbocycles. The molecule has 1 aromatic heterocycles. The average molecular weight is 207 g/mol. The molecule has 0 unspecified atom stereocenters. The van der Waals surface area contributed by atoms with Crippen molar-refractivity contribution in [2.24, 2.45) is 0 Å². The average Bonchev–Trinajstić information content (AvgIpc) is 2.53. The quantitative estimate of drug-likeness (QED) is 0.781. The van der Waals surface area contributed by atoms with Crippen molar-refractivity contribution < 1.29 is 9.50 Å². The predicted octanol–water partition coefficient (Wildman–Crippen LogP) is 2.81. The number of aromatic hydroxyl groups is 1. The van der Waals surface area contributed by atoms with Crippen LogP contribution >= 0.6 is 11.3 Å². The molecule has 1 heterocycles. The van der Waals surface area contributed by atoms with Gasteiger partial charge in [0.05, 0.1) is 17.2 Å². The summed E-state index contributed by atoms with van der Waals surface area (Å²) < 4.78 is 13.6. The van der Waals surface area contributed by atoms with Crippen LogP contribution in [0.15, 0.2) is 18.2 Å². The van der Waals surface area contributed by atoms with Crippen LogP contribution in [0.1, 0.15) is 5.56 Å². The van der Waals surface area contributed by atoms with Crippen molar-refractivity contribution in [1.82, 2.24) is 0 Å².